The van der Waals surface area contributed by atoms with Crippen molar-refractivity contribution in [3.63, 3.8) is 0 Å². The van der Waals surface area contributed by atoms with Gasteiger partial charge in [0.2, 0.25) is 11.7 Å². The van der Waals surface area contributed by atoms with Crippen molar-refractivity contribution in [2.75, 3.05) is 0 Å². The van der Waals surface area contributed by atoms with E-state index in [0.717, 1.165) is 12.2 Å². The third-order valence-electron chi connectivity index (χ3n) is 1.85. The van der Waals surface area contributed by atoms with Crippen molar-refractivity contribution in [1.82, 2.24) is 5.32 Å². The van der Waals surface area contributed by atoms with Crippen molar-refractivity contribution in [2.45, 2.75) is 13.0 Å². The molecule has 1 aliphatic rings. The zero-order valence-corrected chi connectivity index (χ0v) is 9.11. The number of rotatable bonds is 2. The van der Waals surface area contributed by atoms with E-state index in [9.17, 15) is 18.0 Å². The lowest BCUT2D eigenvalue weighted by Gasteiger charge is -2.17. The summed E-state index contributed by atoms with van der Waals surface area (Å²) in [5.74, 6) is -1.14. The number of carbonyl (C=O) groups is 2. The molecule has 1 unspecified atom stereocenters. The average molecular weight is 246 g/mol. The number of hydrogen-bond acceptors (Lipinski definition) is 5. The first-order chi connectivity index (χ1) is 7.21. The van der Waals surface area contributed by atoms with E-state index in [1.54, 1.807) is 0 Å². The molecule has 0 heterocycles. The second-order valence-electron chi connectivity index (χ2n) is 3.19. The van der Waals surface area contributed by atoms with Crippen molar-refractivity contribution in [1.29, 1.82) is 0 Å². The third kappa shape index (κ3) is 2.67. The van der Waals surface area contributed by atoms with Gasteiger partial charge in [-0.05, 0) is 12.2 Å². The lowest BCUT2D eigenvalue weighted by molar-refractivity contribution is -0.124. The molecule has 0 saturated carbocycles. The minimum absolute atomic E-state index is 0.339. The molecule has 1 atom stereocenters. The van der Waals surface area contributed by atoms with E-state index in [1.807, 2.05) is 0 Å². The standard InChI is InChI=1S/C8H10N2O5S/c1-4(11)10-7-3-5(16(13,14)15)2-6(9)8(7)12/h2-3,7H,9H2,1H3,(H,10,11)(H,13,14,15). The Morgan fingerprint density at radius 3 is 2.56 bits per heavy atom. The second kappa shape index (κ2) is 4.06. The summed E-state index contributed by atoms with van der Waals surface area (Å²) in [5.41, 5.74) is 4.94. The number of hydrogen-bond donors (Lipinski definition) is 3. The van der Waals surface area contributed by atoms with Crippen LogP contribution in [-0.4, -0.2) is 30.7 Å². The van der Waals surface area contributed by atoms with Crippen LogP contribution in [0.15, 0.2) is 22.8 Å². The van der Waals surface area contributed by atoms with Crippen molar-refractivity contribution >= 4 is 21.8 Å². The van der Waals surface area contributed by atoms with Gasteiger partial charge in [-0.2, -0.15) is 8.42 Å². The molecule has 4 N–H and O–H groups in total. The number of allylic oxidation sites excluding steroid dienone is 1. The van der Waals surface area contributed by atoms with Crippen LogP contribution >= 0.6 is 0 Å². The normalized spacial score (nSPS) is 21.1. The van der Waals surface area contributed by atoms with Gasteiger partial charge in [-0.3, -0.25) is 14.1 Å². The monoisotopic (exact) mass is 246 g/mol. The summed E-state index contributed by atoms with van der Waals surface area (Å²) in [6.07, 6.45) is 1.77. The Balaban J connectivity index is 3.14. The van der Waals surface area contributed by atoms with Gasteiger partial charge in [0.15, 0.2) is 0 Å². The number of amides is 1. The molecule has 1 aliphatic carbocycles. The van der Waals surface area contributed by atoms with E-state index < -0.39 is 32.8 Å². The van der Waals surface area contributed by atoms with Crippen LogP contribution in [0, 0.1) is 0 Å². The Hall–Kier alpha value is -1.67. The van der Waals surface area contributed by atoms with Crippen molar-refractivity contribution in [3.8, 4) is 0 Å². The Labute approximate surface area is 91.8 Å². The van der Waals surface area contributed by atoms with Crippen LogP contribution in [0.4, 0.5) is 0 Å². The molecule has 88 valence electrons. The van der Waals surface area contributed by atoms with Gasteiger partial charge >= 0.3 is 0 Å². The van der Waals surface area contributed by atoms with Gasteiger partial charge in [0.1, 0.15) is 6.04 Å². The molecule has 1 rings (SSSR count). The number of Topliss-reactive ketones (excluding diaryl/α,β-unsaturated/α-hetero) is 1. The molecular weight excluding hydrogens is 236 g/mol. The number of nitrogens with two attached hydrogens (primary N) is 1. The van der Waals surface area contributed by atoms with E-state index in [-0.39, 0.29) is 5.70 Å². The minimum atomic E-state index is -4.45. The fourth-order valence-corrected chi connectivity index (χ4v) is 1.76. The first-order valence-electron chi connectivity index (χ1n) is 4.19. The van der Waals surface area contributed by atoms with Gasteiger partial charge in [0, 0.05) is 6.92 Å². The van der Waals surface area contributed by atoms with Crippen LogP contribution in [0.1, 0.15) is 6.92 Å². The van der Waals surface area contributed by atoms with Crippen LogP contribution in [0.2, 0.25) is 0 Å². The van der Waals surface area contributed by atoms with Crippen LogP contribution in [0.25, 0.3) is 0 Å². The Bertz CT molecular complexity index is 503. The fraction of sp³-hybridized carbons (Fsp3) is 0.250. The maximum Gasteiger partial charge on any atom is 0.294 e. The van der Waals surface area contributed by atoms with Gasteiger partial charge in [-0.15, -0.1) is 0 Å². The van der Waals surface area contributed by atoms with Crippen LogP contribution < -0.4 is 11.1 Å². The lowest BCUT2D eigenvalue weighted by Crippen LogP contribution is -2.42. The molecule has 0 aromatic heterocycles. The zero-order valence-electron chi connectivity index (χ0n) is 8.30. The predicted octanol–water partition coefficient (Wildman–Crippen LogP) is -1.31. The summed E-state index contributed by atoms with van der Waals surface area (Å²) < 4.78 is 30.4. The Kier molecular flexibility index (Phi) is 3.15. The van der Waals surface area contributed by atoms with E-state index in [0.29, 0.717) is 0 Å². The van der Waals surface area contributed by atoms with Crippen LogP contribution in [-0.2, 0) is 19.7 Å². The molecule has 1 amide bonds. The maximum atomic E-state index is 11.4. The molecule has 16 heavy (non-hydrogen) atoms. The number of carbonyl (C=O) groups excluding carboxylic acids is 2. The molecule has 0 fully saturated rings. The minimum Gasteiger partial charge on any atom is -0.396 e. The van der Waals surface area contributed by atoms with E-state index in [1.165, 1.54) is 6.92 Å². The van der Waals surface area contributed by atoms with Crippen molar-refractivity contribution < 1.29 is 22.6 Å². The smallest absolute Gasteiger partial charge is 0.294 e. The molecule has 0 aromatic rings. The van der Waals surface area contributed by atoms with Crippen molar-refractivity contribution in [3.05, 3.63) is 22.8 Å². The summed E-state index contributed by atoms with van der Waals surface area (Å²) >= 11 is 0. The van der Waals surface area contributed by atoms with Crippen LogP contribution in [0.5, 0.6) is 0 Å². The zero-order chi connectivity index (χ0) is 12.5. The first kappa shape index (κ1) is 12.4. The molecule has 0 radical (unpaired) electrons. The third-order valence-corrected chi connectivity index (χ3v) is 2.70. The maximum absolute atomic E-state index is 11.4. The van der Waals surface area contributed by atoms with Gasteiger partial charge in [-0.1, -0.05) is 0 Å². The number of nitrogens with one attached hydrogen (secondary N) is 1. The molecule has 8 heteroatoms. The molecule has 0 spiro atoms. The topological polar surface area (TPSA) is 127 Å². The van der Waals surface area contributed by atoms with E-state index in [4.69, 9.17) is 10.3 Å². The SMILES string of the molecule is CC(=O)NC1C=C(S(=O)(=O)O)C=C(N)C1=O. The summed E-state index contributed by atoms with van der Waals surface area (Å²) in [6.45, 7) is 1.17. The van der Waals surface area contributed by atoms with E-state index in [2.05, 4.69) is 5.32 Å². The summed E-state index contributed by atoms with van der Waals surface area (Å²) in [7, 11) is -4.45. The van der Waals surface area contributed by atoms with Gasteiger partial charge < -0.3 is 11.1 Å². The highest BCUT2D eigenvalue weighted by Crippen LogP contribution is 2.16. The quantitative estimate of drug-likeness (QED) is 0.519. The number of ketones is 1. The molecule has 0 aromatic carbocycles. The lowest BCUT2D eigenvalue weighted by atomic mass is 10.0. The molecular formula is C8H10N2O5S. The second-order valence-corrected chi connectivity index (χ2v) is 4.61. The highest BCUT2D eigenvalue weighted by Gasteiger charge is 2.27. The fourth-order valence-electron chi connectivity index (χ4n) is 1.18. The Morgan fingerprint density at radius 1 is 1.56 bits per heavy atom. The summed E-state index contributed by atoms with van der Waals surface area (Å²) in [4.78, 5) is 21.6. The molecule has 0 bridgehead atoms. The highest BCUT2D eigenvalue weighted by molar-refractivity contribution is 7.90. The average Bonchev–Trinajstić information content (AvgIpc) is 2.10. The predicted molar refractivity (Wildman–Crippen MR) is 54.5 cm³/mol. The van der Waals surface area contributed by atoms with Gasteiger partial charge in [0.25, 0.3) is 10.1 Å². The highest BCUT2D eigenvalue weighted by atomic mass is 32.2. The molecule has 7 nitrogen and oxygen atoms in total. The van der Waals surface area contributed by atoms with Crippen LogP contribution in [0.3, 0.4) is 0 Å². The molecule has 0 saturated heterocycles. The molecule has 0 aliphatic heterocycles. The first-order valence-corrected chi connectivity index (χ1v) is 5.63. The largest absolute Gasteiger partial charge is 0.396 e. The van der Waals surface area contributed by atoms with Crippen molar-refractivity contribution in [2.24, 2.45) is 5.73 Å². The van der Waals surface area contributed by atoms with Gasteiger partial charge in [-0.25, -0.2) is 0 Å². The summed E-state index contributed by atoms with van der Waals surface area (Å²) in [6, 6.07) is -1.17. The summed E-state index contributed by atoms with van der Waals surface area (Å²) in [5, 5.41) is 2.20. The Morgan fingerprint density at radius 2 is 2.12 bits per heavy atom. The van der Waals surface area contributed by atoms with Gasteiger partial charge in [0.05, 0.1) is 10.6 Å². The van der Waals surface area contributed by atoms with E-state index >= 15 is 0 Å².